The molecule has 1 amide bonds. The van der Waals surface area contributed by atoms with E-state index >= 15 is 0 Å². The maximum atomic E-state index is 11.3. The highest BCUT2D eigenvalue weighted by Crippen LogP contribution is 2.24. The van der Waals surface area contributed by atoms with E-state index in [4.69, 9.17) is 4.84 Å². The SMILES string of the molecule is CC(=O)NC1CCC(C[NH+]2CCC[C@H]2C2NC(C3CCC(N(C)C)[NH2+]C3)NO2)CC1. The molecule has 30 heavy (non-hydrogen) atoms. The largest absolute Gasteiger partial charge is 0.354 e. The lowest BCUT2D eigenvalue weighted by Crippen LogP contribution is -3.15. The summed E-state index contributed by atoms with van der Waals surface area (Å²) in [6.45, 7) is 5.31. The van der Waals surface area contributed by atoms with Crippen molar-refractivity contribution in [3.63, 3.8) is 0 Å². The van der Waals surface area contributed by atoms with E-state index in [1.807, 2.05) is 0 Å². The molecule has 0 aromatic carbocycles. The highest BCUT2D eigenvalue weighted by Gasteiger charge is 2.44. The van der Waals surface area contributed by atoms with E-state index in [1.165, 1.54) is 51.6 Å². The number of hydroxylamine groups is 1. The van der Waals surface area contributed by atoms with Crippen molar-refractivity contribution in [3.8, 4) is 0 Å². The molecule has 4 fully saturated rings. The Morgan fingerprint density at radius 1 is 1.17 bits per heavy atom. The molecule has 3 aliphatic heterocycles. The Balaban J connectivity index is 1.22. The van der Waals surface area contributed by atoms with Crippen molar-refractivity contribution >= 4 is 5.91 Å². The summed E-state index contributed by atoms with van der Waals surface area (Å²) in [7, 11) is 4.35. The van der Waals surface area contributed by atoms with Crippen molar-refractivity contribution in [2.24, 2.45) is 11.8 Å². The number of hydrogen-bond acceptors (Lipinski definition) is 5. The molecular weight excluding hydrogens is 380 g/mol. The molecule has 5 unspecified atom stereocenters. The third kappa shape index (κ3) is 5.53. The number of carbonyl (C=O) groups is 1. The van der Waals surface area contributed by atoms with Crippen LogP contribution >= 0.6 is 0 Å². The fourth-order valence-corrected chi connectivity index (χ4v) is 6.27. The van der Waals surface area contributed by atoms with Gasteiger partial charge in [-0.15, -0.1) is 0 Å². The fourth-order valence-electron chi connectivity index (χ4n) is 6.27. The van der Waals surface area contributed by atoms with Crippen LogP contribution in [-0.2, 0) is 9.63 Å². The number of carbonyl (C=O) groups excluding carboxylic acids is 1. The van der Waals surface area contributed by atoms with Gasteiger partial charge in [-0.3, -0.25) is 19.8 Å². The van der Waals surface area contributed by atoms with Crippen LogP contribution < -0.4 is 26.3 Å². The Hall–Kier alpha value is -0.770. The molecule has 8 heteroatoms. The van der Waals surface area contributed by atoms with Crippen LogP contribution in [0.5, 0.6) is 0 Å². The topological polar surface area (TPSA) is 86.7 Å². The third-order valence-electron chi connectivity index (χ3n) is 8.05. The molecule has 0 aromatic heterocycles. The predicted octanol–water partition coefficient (Wildman–Crippen LogP) is -1.63. The number of piperidine rings is 1. The Labute approximate surface area is 181 Å². The summed E-state index contributed by atoms with van der Waals surface area (Å²) in [6.07, 6.45) is 10.8. The third-order valence-corrected chi connectivity index (χ3v) is 8.05. The summed E-state index contributed by atoms with van der Waals surface area (Å²) in [5.74, 6) is 1.52. The van der Waals surface area contributed by atoms with E-state index in [1.54, 1.807) is 11.8 Å². The maximum absolute atomic E-state index is 11.3. The van der Waals surface area contributed by atoms with Gasteiger partial charge >= 0.3 is 0 Å². The monoisotopic (exact) mass is 424 g/mol. The summed E-state index contributed by atoms with van der Waals surface area (Å²) in [5.41, 5.74) is 3.35. The molecule has 8 nitrogen and oxygen atoms in total. The van der Waals surface area contributed by atoms with Crippen molar-refractivity contribution in [2.75, 3.05) is 33.7 Å². The molecule has 4 rings (SSSR count). The highest BCUT2D eigenvalue weighted by molar-refractivity contribution is 5.73. The molecule has 6 N–H and O–H groups in total. The number of nitrogens with zero attached hydrogens (tertiary/aromatic N) is 1. The minimum Gasteiger partial charge on any atom is -0.354 e. The zero-order chi connectivity index (χ0) is 21.1. The van der Waals surface area contributed by atoms with E-state index < -0.39 is 0 Å². The van der Waals surface area contributed by atoms with Gasteiger partial charge in [0.25, 0.3) is 0 Å². The first-order valence-corrected chi connectivity index (χ1v) is 12.3. The molecule has 4 aliphatic rings. The van der Waals surface area contributed by atoms with Crippen molar-refractivity contribution in [1.29, 1.82) is 0 Å². The summed E-state index contributed by atoms with van der Waals surface area (Å²) in [4.78, 5) is 21.5. The smallest absolute Gasteiger partial charge is 0.217 e. The van der Waals surface area contributed by atoms with Crippen molar-refractivity contribution in [3.05, 3.63) is 0 Å². The summed E-state index contributed by atoms with van der Waals surface area (Å²) >= 11 is 0. The zero-order valence-corrected chi connectivity index (χ0v) is 19.2. The average Bonchev–Trinajstić information content (AvgIpc) is 3.38. The van der Waals surface area contributed by atoms with Crippen molar-refractivity contribution in [2.45, 2.75) is 88.9 Å². The second-order valence-electron chi connectivity index (χ2n) is 10.4. The average molecular weight is 425 g/mol. The van der Waals surface area contributed by atoms with Crippen LogP contribution in [0.3, 0.4) is 0 Å². The Bertz CT molecular complexity index is 560. The molecule has 0 aromatic rings. The lowest BCUT2D eigenvalue weighted by molar-refractivity contribution is -0.919. The van der Waals surface area contributed by atoms with Gasteiger partial charge < -0.3 is 15.5 Å². The number of quaternary nitrogens is 2. The zero-order valence-electron chi connectivity index (χ0n) is 19.2. The van der Waals surface area contributed by atoms with Crippen LogP contribution in [0.25, 0.3) is 0 Å². The second-order valence-corrected chi connectivity index (χ2v) is 10.4. The minimum absolute atomic E-state index is 0.114. The number of amides is 1. The Kier molecular flexibility index (Phi) is 7.65. The van der Waals surface area contributed by atoms with Gasteiger partial charge in [-0.1, -0.05) is 0 Å². The molecule has 1 aliphatic carbocycles. The van der Waals surface area contributed by atoms with Gasteiger partial charge in [0.2, 0.25) is 5.91 Å². The van der Waals surface area contributed by atoms with Crippen LogP contribution in [0.4, 0.5) is 0 Å². The Morgan fingerprint density at radius 2 is 1.97 bits per heavy atom. The van der Waals surface area contributed by atoms with E-state index in [9.17, 15) is 4.79 Å². The molecule has 6 atom stereocenters. The molecule has 3 saturated heterocycles. The first kappa shape index (κ1) is 22.4. The van der Waals surface area contributed by atoms with Crippen LogP contribution in [0.1, 0.15) is 58.3 Å². The van der Waals surface area contributed by atoms with Gasteiger partial charge in [-0.2, -0.15) is 5.48 Å². The van der Waals surface area contributed by atoms with Crippen LogP contribution in [0.15, 0.2) is 0 Å². The van der Waals surface area contributed by atoms with Crippen molar-refractivity contribution in [1.82, 2.24) is 21.0 Å². The number of rotatable bonds is 6. The lowest BCUT2D eigenvalue weighted by Gasteiger charge is -2.34. The van der Waals surface area contributed by atoms with E-state index in [0.717, 1.165) is 25.3 Å². The second kappa shape index (κ2) is 10.2. The number of nitrogens with one attached hydrogen (secondary N) is 4. The Morgan fingerprint density at radius 3 is 2.63 bits per heavy atom. The molecule has 3 heterocycles. The number of nitrogens with two attached hydrogens (primary N) is 1. The highest BCUT2D eigenvalue weighted by atomic mass is 16.7. The van der Waals surface area contributed by atoms with Gasteiger partial charge in [0.05, 0.1) is 25.8 Å². The van der Waals surface area contributed by atoms with Crippen LogP contribution in [0, 0.1) is 11.8 Å². The van der Waals surface area contributed by atoms with Crippen LogP contribution in [-0.4, -0.2) is 75.2 Å². The molecule has 0 bridgehead atoms. The standard InChI is InChI=1S/C22H42N6O2/c1-15(29)24-18-9-6-16(7-10-18)14-28-12-4-5-19(28)22-25-21(26-30-22)17-8-11-20(23-13-17)27(2)3/h16-23,25-26H,4-14H2,1-3H3,(H,24,29)/p+2/t16?,17?,18?,19-,20?,21?,22?/m0/s1. The minimum atomic E-state index is 0.114. The lowest BCUT2D eigenvalue weighted by atomic mass is 9.85. The van der Waals surface area contributed by atoms with Gasteiger partial charge in [0.15, 0.2) is 6.23 Å². The molecule has 0 radical (unpaired) electrons. The summed E-state index contributed by atoms with van der Waals surface area (Å²) < 4.78 is 0. The molecule has 1 saturated carbocycles. The predicted molar refractivity (Wildman–Crippen MR) is 115 cm³/mol. The van der Waals surface area contributed by atoms with E-state index in [-0.39, 0.29) is 18.3 Å². The first-order valence-electron chi connectivity index (χ1n) is 12.3. The van der Waals surface area contributed by atoms with Gasteiger partial charge in [0, 0.05) is 44.1 Å². The number of likely N-dealkylation sites (tertiary alicyclic amines) is 1. The maximum Gasteiger partial charge on any atom is 0.217 e. The molecule has 0 spiro atoms. The van der Waals surface area contributed by atoms with Gasteiger partial charge in [-0.05, 0) is 46.2 Å². The van der Waals surface area contributed by atoms with Crippen molar-refractivity contribution < 1.29 is 19.8 Å². The summed E-state index contributed by atoms with van der Waals surface area (Å²) in [6, 6.07) is 0.949. The number of hydrogen-bond donors (Lipinski definition) is 5. The molecule has 172 valence electrons. The molecular formula is C22H44N6O2+2. The first-order chi connectivity index (χ1) is 14.5. The fraction of sp³-hybridized carbons (Fsp3) is 0.955. The summed E-state index contributed by atoms with van der Waals surface area (Å²) in [5, 5.41) is 9.39. The quantitative estimate of drug-likeness (QED) is 0.353. The van der Waals surface area contributed by atoms with Gasteiger partial charge in [-0.25, -0.2) is 0 Å². The van der Waals surface area contributed by atoms with Gasteiger partial charge in [0.1, 0.15) is 12.2 Å². The van der Waals surface area contributed by atoms with E-state index in [0.29, 0.717) is 24.2 Å². The van der Waals surface area contributed by atoms with E-state index in [2.05, 4.69) is 40.4 Å². The van der Waals surface area contributed by atoms with Crippen LogP contribution in [0.2, 0.25) is 0 Å². The normalized spacial score (nSPS) is 42.5.